The molecule has 2 rings (SSSR count). The van der Waals surface area contributed by atoms with Gasteiger partial charge >= 0.3 is 0 Å². The molecular formula is C14H18N2OS. The lowest BCUT2D eigenvalue weighted by Gasteiger charge is -2.16. The van der Waals surface area contributed by atoms with Gasteiger partial charge in [-0.1, -0.05) is 30.3 Å². The summed E-state index contributed by atoms with van der Waals surface area (Å²) in [6.45, 7) is 0.835. The Labute approximate surface area is 111 Å². The maximum absolute atomic E-state index is 9.39. The number of rotatable bonds is 6. The Kier molecular flexibility index (Phi) is 4.75. The quantitative estimate of drug-likeness (QED) is 0.746. The molecule has 0 radical (unpaired) electrons. The van der Waals surface area contributed by atoms with Gasteiger partial charge in [-0.25, -0.2) is 0 Å². The van der Waals surface area contributed by atoms with Crippen LogP contribution in [-0.2, 0) is 13.0 Å². The first kappa shape index (κ1) is 13.1. The summed E-state index contributed by atoms with van der Waals surface area (Å²) in [4.78, 5) is 1.13. The molecule has 0 unspecified atom stereocenters. The zero-order valence-electron chi connectivity index (χ0n) is 10.2. The molecular weight excluding hydrogens is 244 g/mol. The number of hydrogen-bond acceptors (Lipinski definition) is 4. The van der Waals surface area contributed by atoms with Crippen LogP contribution in [-0.4, -0.2) is 17.8 Å². The summed E-state index contributed by atoms with van der Waals surface area (Å²) in [6.07, 6.45) is 0.822. The summed E-state index contributed by atoms with van der Waals surface area (Å²) in [6, 6.07) is 12.1. The number of thiophene rings is 1. The van der Waals surface area contributed by atoms with Crippen LogP contribution in [0, 0.1) is 0 Å². The predicted molar refractivity (Wildman–Crippen MR) is 76.6 cm³/mol. The average Bonchev–Trinajstić information content (AvgIpc) is 2.81. The molecule has 96 valence electrons. The van der Waals surface area contributed by atoms with Crippen molar-refractivity contribution < 1.29 is 5.11 Å². The van der Waals surface area contributed by atoms with Crippen molar-refractivity contribution in [3.8, 4) is 0 Å². The number of nitrogens with one attached hydrogen (secondary N) is 1. The Hall–Kier alpha value is -1.36. The molecule has 4 heteroatoms. The van der Waals surface area contributed by atoms with E-state index in [-0.39, 0.29) is 12.6 Å². The predicted octanol–water partition coefficient (Wildman–Crippen LogP) is 2.02. The lowest BCUT2D eigenvalue weighted by molar-refractivity contribution is 0.241. The number of benzene rings is 1. The number of aliphatic hydroxyl groups is 1. The van der Waals surface area contributed by atoms with Gasteiger partial charge in [-0.15, -0.1) is 11.3 Å². The van der Waals surface area contributed by atoms with E-state index in [4.69, 9.17) is 5.73 Å². The van der Waals surface area contributed by atoms with E-state index in [2.05, 4.69) is 17.4 Å². The number of nitrogens with two attached hydrogens (primary N) is 1. The normalized spacial score (nSPS) is 12.5. The van der Waals surface area contributed by atoms with Crippen LogP contribution < -0.4 is 11.1 Å². The molecule has 0 fully saturated rings. The fraction of sp³-hybridized carbons (Fsp3) is 0.286. The Morgan fingerprint density at radius 1 is 1.22 bits per heavy atom. The summed E-state index contributed by atoms with van der Waals surface area (Å²) in [5.41, 5.74) is 7.88. The van der Waals surface area contributed by atoms with Gasteiger partial charge in [0.25, 0.3) is 0 Å². The largest absolute Gasteiger partial charge is 0.398 e. The van der Waals surface area contributed by atoms with Gasteiger partial charge in [-0.2, -0.15) is 0 Å². The van der Waals surface area contributed by atoms with Gasteiger partial charge in [0.2, 0.25) is 0 Å². The second-order valence-corrected chi connectivity index (χ2v) is 5.25. The topological polar surface area (TPSA) is 58.3 Å². The monoisotopic (exact) mass is 262 g/mol. The van der Waals surface area contributed by atoms with Crippen molar-refractivity contribution in [3.05, 3.63) is 52.2 Å². The molecule has 0 aliphatic rings. The highest BCUT2D eigenvalue weighted by molar-refractivity contribution is 7.10. The van der Waals surface area contributed by atoms with E-state index >= 15 is 0 Å². The first-order valence-electron chi connectivity index (χ1n) is 5.99. The molecule has 1 atom stereocenters. The molecule has 0 bridgehead atoms. The van der Waals surface area contributed by atoms with Crippen LogP contribution in [0.3, 0.4) is 0 Å². The standard InChI is InChI=1S/C14H18N2OS/c15-13-6-7-18-14(13)9-16-12(10-17)8-11-4-2-1-3-5-11/h1-7,12,16-17H,8-10,15H2/t12-/m1/s1. The van der Waals surface area contributed by atoms with Crippen molar-refractivity contribution in [3.63, 3.8) is 0 Å². The van der Waals surface area contributed by atoms with E-state index in [0.717, 1.165) is 17.0 Å². The van der Waals surface area contributed by atoms with Crippen molar-refractivity contribution in [2.45, 2.75) is 19.0 Å². The smallest absolute Gasteiger partial charge is 0.0587 e. The Balaban J connectivity index is 1.88. The van der Waals surface area contributed by atoms with E-state index in [9.17, 15) is 5.11 Å². The third-order valence-corrected chi connectivity index (χ3v) is 3.81. The maximum atomic E-state index is 9.39. The van der Waals surface area contributed by atoms with Gasteiger partial charge in [-0.05, 0) is 23.4 Å². The third-order valence-electron chi connectivity index (χ3n) is 2.88. The van der Waals surface area contributed by atoms with E-state index in [1.54, 1.807) is 11.3 Å². The average molecular weight is 262 g/mol. The first-order valence-corrected chi connectivity index (χ1v) is 6.87. The van der Waals surface area contributed by atoms with Crippen LogP contribution in [0.1, 0.15) is 10.4 Å². The van der Waals surface area contributed by atoms with Crippen LogP contribution in [0.4, 0.5) is 5.69 Å². The minimum Gasteiger partial charge on any atom is -0.398 e. The SMILES string of the molecule is Nc1ccsc1CN[C@@H](CO)Cc1ccccc1. The van der Waals surface area contributed by atoms with Gasteiger partial charge in [0.1, 0.15) is 0 Å². The summed E-state index contributed by atoms with van der Waals surface area (Å²) >= 11 is 1.64. The molecule has 3 nitrogen and oxygen atoms in total. The Morgan fingerprint density at radius 2 is 2.00 bits per heavy atom. The van der Waals surface area contributed by atoms with Crippen molar-refractivity contribution in [2.24, 2.45) is 0 Å². The fourth-order valence-electron chi connectivity index (χ4n) is 1.83. The van der Waals surface area contributed by atoms with Gasteiger partial charge in [-0.3, -0.25) is 0 Å². The molecule has 0 saturated heterocycles. The molecule has 18 heavy (non-hydrogen) atoms. The molecule has 0 spiro atoms. The highest BCUT2D eigenvalue weighted by Gasteiger charge is 2.09. The zero-order valence-corrected chi connectivity index (χ0v) is 11.0. The zero-order chi connectivity index (χ0) is 12.8. The molecule has 1 heterocycles. The number of aliphatic hydroxyl groups excluding tert-OH is 1. The lowest BCUT2D eigenvalue weighted by Crippen LogP contribution is -2.33. The molecule has 0 amide bonds. The van der Waals surface area contributed by atoms with E-state index < -0.39 is 0 Å². The summed E-state index contributed by atoms with van der Waals surface area (Å²) in [5, 5.41) is 14.7. The van der Waals surface area contributed by atoms with Gasteiger partial charge in [0.05, 0.1) is 6.61 Å². The molecule has 1 aromatic carbocycles. The van der Waals surface area contributed by atoms with Crippen molar-refractivity contribution in [1.82, 2.24) is 5.32 Å². The van der Waals surface area contributed by atoms with Crippen LogP contribution in [0.25, 0.3) is 0 Å². The second-order valence-electron chi connectivity index (χ2n) is 4.25. The summed E-state index contributed by atoms with van der Waals surface area (Å²) in [5.74, 6) is 0. The van der Waals surface area contributed by atoms with Crippen molar-refractivity contribution >= 4 is 17.0 Å². The van der Waals surface area contributed by atoms with E-state index in [1.165, 1.54) is 5.56 Å². The molecule has 0 aliphatic heterocycles. The van der Waals surface area contributed by atoms with Crippen LogP contribution >= 0.6 is 11.3 Å². The summed E-state index contributed by atoms with van der Waals surface area (Å²) in [7, 11) is 0. The highest BCUT2D eigenvalue weighted by Crippen LogP contribution is 2.18. The van der Waals surface area contributed by atoms with Gasteiger partial charge in [0, 0.05) is 23.2 Å². The van der Waals surface area contributed by atoms with Gasteiger partial charge in [0.15, 0.2) is 0 Å². The number of nitrogen functional groups attached to an aromatic ring is 1. The first-order chi connectivity index (χ1) is 8.79. The minimum absolute atomic E-state index is 0.0638. The molecule has 0 aliphatic carbocycles. The number of hydrogen-bond donors (Lipinski definition) is 3. The van der Waals surface area contributed by atoms with Crippen LogP contribution in [0.2, 0.25) is 0 Å². The third kappa shape index (κ3) is 3.57. The number of anilines is 1. The minimum atomic E-state index is 0.0638. The molecule has 4 N–H and O–H groups in total. The lowest BCUT2D eigenvalue weighted by atomic mass is 10.1. The van der Waals surface area contributed by atoms with Crippen LogP contribution in [0.15, 0.2) is 41.8 Å². The van der Waals surface area contributed by atoms with Gasteiger partial charge < -0.3 is 16.2 Å². The second kappa shape index (κ2) is 6.54. The van der Waals surface area contributed by atoms with Crippen molar-refractivity contribution in [1.29, 1.82) is 0 Å². The summed E-state index contributed by atoms with van der Waals surface area (Å²) < 4.78 is 0. The van der Waals surface area contributed by atoms with E-state index in [1.807, 2.05) is 29.6 Å². The molecule has 2 aromatic rings. The van der Waals surface area contributed by atoms with E-state index in [0.29, 0.717) is 6.54 Å². The van der Waals surface area contributed by atoms with Crippen LogP contribution in [0.5, 0.6) is 0 Å². The Bertz CT molecular complexity index is 470. The highest BCUT2D eigenvalue weighted by atomic mass is 32.1. The Morgan fingerprint density at radius 3 is 2.61 bits per heavy atom. The molecule has 1 aromatic heterocycles. The van der Waals surface area contributed by atoms with Crippen molar-refractivity contribution in [2.75, 3.05) is 12.3 Å². The fourth-order valence-corrected chi connectivity index (χ4v) is 2.58. The maximum Gasteiger partial charge on any atom is 0.0587 e. The molecule has 0 saturated carbocycles.